The second kappa shape index (κ2) is 11.7. The highest BCUT2D eigenvalue weighted by atomic mass is 16.3. The number of allylic oxidation sites excluding steroid dienone is 6. The molecule has 128 valence electrons. The van der Waals surface area contributed by atoms with Crippen molar-refractivity contribution in [2.24, 2.45) is 0 Å². The lowest BCUT2D eigenvalue weighted by Crippen LogP contribution is -2.24. The highest BCUT2D eigenvalue weighted by Crippen LogP contribution is 2.18. The second-order valence-corrected chi connectivity index (χ2v) is 6.97. The van der Waals surface area contributed by atoms with E-state index in [-0.39, 0.29) is 6.61 Å². The molecule has 2 nitrogen and oxygen atoms in total. The topological polar surface area (TPSA) is 40.5 Å². The van der Waals surface area contributed by atoms with Crippen LogP contribution in [0.3, 0.4) is 0 Å². The van der Waals surface area contributed by atoms with Crippen LogP contribution in [0, 0.1) is 0 Å². The quantitative estimate of drug-likeness (QED) is 0.507. The third kappa shape index (κ3) is 12.8. The molecule has 0 unspecified atom stereocenters. The first kappa shape index (κ1) is 21.1. The molecule has 0 rings (SSSR count). The van der Waals surface area contributed by atoms with E-state index in [0.717, 1.165) is 32.1 Å². The summed E-state index contributed by atoms with van der Waals surface area (Å²) < 4.78 is 0. The number of aliphatic hydroxyl groups excluding tert-OH is 1. The van der Waals surface area contributed by atoms with Crippen molar-refractivity contribution in [1.29, 1.82) is 0 Å². The van der Waals surface area contributed by atoms with Crippen LogP contribution in [0.2, 0.25) is 0 Å². The maximum atomic E-state index is 9.99. The first-order chi connectivity index (χ1) is 10.3. The Morgan fingerprint density at radius 2 is 1.32 bits per heavy atom. The monoisotopic (exact) mass is 308 g/mol. The minimum Gasteiger partial charge on any atom is -0.396 e. The summed E-state index contributed by atoms with van der Waals surface area (Å²) in [6, 6.07) is 0. The summed E-state index contributed by atoms with van der Waals surface area (Å²) in [5.41, 5.74) is 3.50. The molecule has 0 bridgehead atoms. The van der Waals surface area contributed by atoms with Gasteiger partial charge in [0.15, 0.2) is 0 Å². The maximum Gasteiger partial charge on any atom is 0.0644 e. The Bertz CT molecular complexity index is 383. The molecule has 0 amide bonds. The highest BCUT2D eigenvalue weighted by Gasteiger charge is 2.17. The molecule has 0 saturated carbocycles. The molecule has 22 heavy (non-hydrogen) atoms. The number of hydrogen-bond donors (Lipinski definition) is 2. The highest BCUT2D eigenvalue weighted by molar-refractivity contribution is 5.05. The van der Waals surface area contributed by atoms with Crippen molar-refractivity contribution in [3.63, 3.8) is 0 Å². The molecule has 0 saturated heterocycles. The van der Waals surface area contributed by atoms with Gasteiger partial charge in [0, 0.05) is 6.61 Å². The fraction of sp³-hybridized carbons (Fsp3) is 0.700. The van der Waals surface area contributed by atoms with Crippen molar-refractivity contribution < 1.29 is 10.2 Å². The molecule has 0 fully saturated rings. The zero-order valence-corrected chi connectivity index (χ0v) is 15.3. The molecule has 1 atom stereocenters. The number of rotatable bonds is 11. The first-order valence-corrected chi connectivity index (χ1v) is 8.54. The summed E-state index contributed by atoms with van der Waals surface area (Å²) in [4.78, 5) is 0. The summed E-state index contributed by atoms with van der Waals surface area (Å²) in [5, 5.41) is 18.9. The van der Waals surface area contributed by atoms with E-state index in [0.29, 0.717) is 12.8 Å². The first-order valence-electron chi connectivity index (χ1n) is 8.54. The van der Waals surface area contributed by atoms with E-state index in [2.05, 4.69) is 45.9 Å². The lowest BCUT2D eigenvalue weighted by atomic mass is 9.95. The van der Waals surface area contributed by atoms with Gasteiger partial charge in [-0.2, -0.15) is 0 Å². The predicted molar refractivity (Wildman–Crippen MR) is 97.0 cm³/mol. The van der Waals surface area contributed by atoms with E-state index in [1.165, 1.54) is 16.7 Å². The normalized spacial score (nSPS) is 15.6. The van der Waals surface area contributed by atoms with Crippen LogP contribution in [0.25, 0.3) is 0 Å². The van der Waals surface area contributed by atoms with Crippen molar-refractivity contribution in [1.82, 2.24) is 0 Å². The zero-order valence-electron chi connectivity index (χ0n) is 15.3. The Morgan fingerprint density at radius 1 is 0.818 bits per heavy atom. The van der Waals surface area contributed by atoms with Gasteiger partial charge in [0.05, 0.1) is 5.60 Å². The molecule has 0 aliphatic carbocycles. The van der Waals surface area contributed by atoms with E-state index in [1.54, 1.807) is 6.92 Å². The third-order valence-electron chi connectivity index (χ3n) is 3.95. The molecule has 2 heteroatoms. The van der Waals surface area contributed by atoms with Crippen molar-refractivity contribution >= 4 is 0 Å². The van der Waals surface area contributed by atoms with Gasteiger partial charge < -0.3 is 10.2 Å². The van der Waals surface area contributed by atoms with Crippen molar-refractivity contribution in [2.45, 2.75) is 85.2 Å². The van der Waals surface area contributed by atoms with Crippen LogP contribution in [0.1, 0.15) is 79.6 Å². The van der Waals surface area contributed by atoms with E-state index >= 15 is 0 Å². The fourth-order valence-electron chi connectivity index (χ4n) is 2.33. The SMILES string of the molecule is CC(C)=CCCC(C)=CCCC(C)=CCC[C@@](C)(O)CCO. The summed E-state index contributed by atoms with van der Waals surface area (Å²) in [6.45, 7) is 10.5. The van der Waals surface area contributed by atoms with Crippen LogP contribution in [-0.2, 0) is 0 Å². The standard InChI is InChI=1S/C20H36O2/c1-17(2)9-6-10-18(3)11-7-12-19(4)13-8-14-20(5,22)15-16-21/h9,11,13,21-22H,6-8,10,12,14-16H2,1-5H3/t20-/m1/s1. The van der Waals surface area contributed by atoms with E-state index in [9.17, 15) is 5.11 Å². The lowest BCUT2D eigenvalue weighted by Gasteiger charge is -2.21. The summed E-state index contributed by atoms with van der Waals surface area (Å²) in [7, 11) is 0. The smallest absolute Gasteiger partial charge is 0.0644 e. The maximum absolute atomic E-state index is 9.99. The second-order valence-electron chi connectivity index (χ2n) is 6.97. The molecule has 0 aromatic carbocycles. The van der Waals surface area contributed by atoms with E-state index < -0.39 is 5.60 Å². The van der Waals surface area contributed by atoms with Gasteiger partial charge in [-0.05, 0) is 79.6 Å². The summed E-state index contributed by atoms with van der Waals surface area (Å²) >= 11 is 0. The predicted octanol–water partition coefficient (Wildman–Crippen LogP) is 5.32. The van der Waals surface area contributed by atoms with E-state index in [4.69, 9.17) is 5.11 Å². The fourth-order valence-corrected chi connectivity index (χ4v) is 2.33. The Balaban J connectivity index is 3.99. The van der Waals surface area contributed by atoms with Crippen LogP contribution >= 0.6 is 0 Å². The minimum absolute atomic E-state index is 0.0481. The molecule has 0 aromatic heterocycles. The summed E-state index contributed by atoms with van der Waals surface area (Å²) in [6.07, 6.45) is 13.4. The lowest BCUT2D eigenvalue weighted by molar-refractivity contribution is 0.0264. The Kier molecular flexibility index (Phi) is 11.2. The van der Waals surface area contributed by atoms with Crippen LogP contribution in [0.5, 0.6) is 0 Å². The van der Waals surface area contributed by atoms with E-state index in [1.807, 2.05) is 0 Å². The Hall–Kier alpha value is -0.860. The molecule has 0 aromatic rings. The molecule has 0 radical (unpaired) electrons. The van der Waals surface area contributed by atoms with Gasteiger partial charge in [-0.25, -0.2) is 0 Å². The van der Waals surface area contributed by atoms with Gasteiger partial charge in [0.1, 0.15) is 0 Å². The average molecular weight is 309 g/mol. The Morgan fingerprint density at radius 3 is 1.82 bits per heavy atom. The molecule has 2 N–H and O–H groups in total. The molecule has 0 aliphatic rings. The van der Waals surface area contributed by atoms with Gasteiger partial charge in [0.25, 0.3) is 0 Å². The third-order valence-corrected chi connectivity index (χ3v) is 3.95. The van der Waals surface area contributed by atoms with Gasteiger partial charge in [-0.1, -0.05) is 34.9 Å². The number of aliphatic hydroxyl groups is 2. The van der Waals surface area contributed by atoms with Gasteiger partial charge in [-0.15, -0.1) is 0 Å². The molecule has 0 aliphatic heterocycles. The Labute approximate surface area is 137 Å². The van der Waals surface area contributed by atoms with Crippen LogP contribution in [0.15, 0.2) is 34.9 Å². The van der Waals surface area contributed by atoms with Crippen LogP contribution < -0.4 is 0 Å². The molecule has 0 heterocycles. The number of hydrogen-bond acceptors (Lipinski definition) is 2. The molecule has 0 spiro atoms. The van der Waals surface area contributed by atoms with Crippen LogP contribution in [0.4, 0.5) is 0 Å². The molecular weight excluding hydrogens is 272 g/mol. The van der Waals surface area contributed by atoms with Gasteiger partial charge in [-0.3, -0.25) is 0 Å². The largest absolute Gasteiger partial charge is 0.396 e. The average Bonchev–Trinajstić information content (AvgIpc) is 2.37. The minimum atomic E-state index is -0.743. The van der Waals surface area contributed by atoms with Crippen molar-refractivity contribution in [2.75, 3.05) is 6.61 Å². The van der Waals surface area contributed by atoms with Crippen LogP contribution in [-0.4, -0.2) is 22.4 Å². The summed E-state index contributed by atoms with van der Waals surface area (Å²) in [5.74, 6) is 0. The van der Waals surface area contributed by atoms with Gasteiger partial charge >= 0.3 is 0 Å². The van der Waals surface area contributed by atoms with Crippen molar-refractivity contribution in [3.05, 3.63) is 34.9 Å². The van der Waals surface area contributed by atoms with Gasteiger partial charge in [0.2, 0.25) is 0 Å². The zero-order chi connectivity index (χ0) is 17.0. The molecular formula is C20H36O2. The van der Waals surface area contributed by atoms with Crippen molar-refractivity contribution in [3.8, 4) is 0 Å².